The van der Waals surface area contributed by atoms with E-state index in [2.05, 4.69) is 17.2 Å². The number of rotatable bonds is 0. The fourth-order valence-corrected chi connectivity index (χ4v) is 2.46. The summed E-state index contributed by atoms with van der Waals surface area (Å²) in [5, 5.41) is 4.38. The Morgan fingerprint density at radius 2 is 2.27 bits per heavy atom. The summed E-state index contributed by atoms with van der Waals surface area (Å²) >= 11 is 0. The molecule has 0 radical (unpaired) electrons. The third-order valence-corrected chi connectivity index (χ3v) is 3.13. The van der Waals surface area contributed by atoms with Gasteiger partial charge in [-0.3, -0.25) is 0 Å². The monoisotopic (exact) mass is 204 g/mol. The minimum absolute atomic E-state index is 0.157. The molecular weight excluding hydrogens is 191 g/mol. The molecule has 2 N–H and O–H groups in total. The van der Waals surface area contributed by atoms with Crippen molar-refractivity contribution < 1.29 is 4.39 Å². The van der Waals surface area contributed by atoms with Gasteiger partial charge in [0.1, 0.15) is 5.82 Å². The predicted octanol–water partition coefficient (Wildman–Crippen LogP) is 2.51. The van der Waals surface area contributed by atoms with Gasteiger partial charge in [-0.2, -0.15) is 0 Å². The first-order valence-electron chi connectivity index (χ1n) is 5.26. The second-order valence-corrected chi connectivity index (χ2v) is 4.24. The quantitative estimate of drug-likeness (QED) is 0.678. The molecule has 0 saturated heterocycles. The molecule has 1 aromatic heterocycles. The highest BCUT2D eigenvalue weighted by Gasteiger charge is 2.20. The van der Waals surface area contributed by atoms with Gasteiger partial charge in [0.05, 0.1) is 0 Å². The van der Waals surface area contributed by atoms with Crippen molar-refractivity contribution in [1.29, 1.82) is 0 Å². The molecule has 1 unspecified atom stereocenters. The third kappa shape index (κ3) is 1.27. The van der Waals surface area contributed by atoms with E-state index in [1.54, 1.807) is 6.07 Å². The lowest BCUT2D eigenvalue weighted by Crippen LogP contribution is -2.26. The van der Waals surface area contributed by atoms with Crippen molar-refractivity contribution in [2.24, 2.45) is 0 Å². The van der Waals surface area contributed by atoms with Crippen molar-refractivity contribution in [2.75, 3.05) is 6.54 Å². The van der Waals surface area contributed by atoms with Gasteiger partial charge in [0.25, 0.3) is 0 Å². The van der Waals surface area contributed by atoms with Gasteiger partial charge in [-0.15, -0.1) is 0 Å². The Balaban J connectivity index is 2.33. The maximum absolute atomic E-state index is 13.2. The van der Waals surface area contributed by atoms with E-state index >= 15 is 0 Å². The predicted molar refractivity (Wildman–Crippen MR) is 58.4 cm³/mol. The SMILES string of the molecule is CC1CNCc2[nH]c3ccc(F)cc3c21. The molecule has 1 atom stereocenters. The van der Waals surface area contributed by atoms with Crippen LogP contribution in [0.2, 0.25) is 0 Å². The molecule has 1 aliphatic heterocycles. The van der Waals surface area contributed by atoms with E-state index in [0.717, 1.165) is 24.0 Å². The van der Waals surface area contributed by atoms with Crippen LogP contribution in [0.5, 0.6) is 0 Å². The lowest BCUT2D eigenvalue weighted by molar-refractivity contribution is 0.568. The summed E-state index contributed by atoms with van der Waals surface area (Å²) in [6, 6.07) is 4.95. The number of fused-ring (bicyclic) bond motifs is 3. The highest BCUT2D eigenvalue weighted by atomic mass is 19.1. The number of aromatic nitrogens is 1. The zero-order chi connectivity index (χ0) is 10.4. The number of aromatic amines is 1. The zero-order valence-electron chi connectivity index (χ0n) is 8.60. The summed E-state index contributed by atoms with van der Waals surface area (Å²) in [4.78, 5) is 3.34. The number of halogens is 1. The zero-order valence-corrected chi connectivity index (χ0v) is 8.60. The molecule has 1 aromatic carbocycles. The number of nitrogens with one attached hydrogen (secondary N) is 2. The lowest BCUT2D eigenvalue weighted by atomic mass is 9.95. The van der Waals surface area contributed by atoms with Gasteiger partial charge in [0, 0.05) is 29.7 Å². The van der Waals surface area contributed by atoms with Crippen molar-refractivity contribution in [1.82, 2.24) is 10.3 Å². The Morgan fingerprint density at radius 1 is 1.40 bits per heavy atom. The normalized spacial score (nSPS) is 20.5. The molecule has 0 bridgehead atoms. The Morgan fingerprint density at radius 3 is 3.13 bits per heavy atom. The molecule has 2 heterocycles. The first-order valence-corrected chi connectivity index (χ1v) is 5.26. The molecule has 15 heavy (non-hydrogen) atoms. The summed E-state index contributed by atoms with van der Waals surface area (Å²) in [7, 11) is 0. The number of H-pyrrole nitrogens is 1. The van der Waals surface area contributed by atoms with E-state index in [-0.39, 0.29) is 5.82 Å². The molecule has 0 spiro atoms. The summed E-state index contributed by atoms with van der Waals surface area (Å²) in [5.41, 5.74) is 3.52. The maximum Gasteiger partial charge on any atom is 0.123 e. The van der Waals surface area contributed by atoms with Gasteiger partial charge >= 0.3 is 0 Å². The van der Waals surface area contributed by atoms with Crippen molar-refractivity contribution in [2.45, 2.75) is 19.4 Å². The summed E-state index contributed by atoms with van der Waals surface area (Å²) in [6.45, 7) is 4.00. The Kier molecular flexibility index (Phi) is 1.83. The van der Waals surface area contributed by atoms with Gasteiger partial charge in [0.15, 0.2) is 0 Å². The van der Waals surface area contributed by atoms with Crippen LogP contribution in [0.15, 0.2) is 18.2 Å². The summed E-state index contributed by atoms with van der Waals surface area (Å²) in [6.07, 6.45) is 0. The van der Waals surface area contributed by atoms with Gasteiger partial charge in [-0.1, -0.05) is 6.92 Å². The molecule has 0 saturated carbocycles. The topological polar surface area (TPSA) is 27.8 Å². The number of hydrogen-bond donors (Lipinski definition) is 2. The van der Waals surface area contributed by atoms with Crippen LogP contribution in [0, 0.1) is 5.82 Å². The Labute approximate surface area is 87.5 Å². The minimum atomic E-state index is -0.157. The molecule has 3 heteroatoms. The Bertz CT molecular complexity index is 516. The van der Waals surface area contributed by atoms with Crippen LogP contribution >= 0.6 is 0 Å². The molecule has 2 aromatic rings. The van der Waals surface area contributed by atoms with Crippen LogP contribution < -0.4 is 5.32 Å². The van der Waals surface area contributed by atoms with E-state index in [1.807, 2.05) is 6.07 Å². The molecule has 0 amide bonds. The van der Waals surface area contributed by atoms with E-state index in [0.29, 0.717) is 5.92 Å². The lowest BCUT2D eigenvalue weighted by Gasteiger charge is -2.20. The number of hydrogen-bond acceptors (Lipinski definition) is 1. The van der Waals surface area contributed by atoms with E-state index < -0.39 is 0 Å². The van der Waals surface area contributed by atoms with Crippen LogP contribution in [-0.2, 0) is 6.54 Å². The van der Waals surface area contributed by atoms with E-state index in [1.165, 1.54) is 17.3 Å². The van der Waals surface area contributed by atoms with Gasteiger partial charge in [-0.25, -0.2) is 4.39 Å². The van der Waals surface area contributed by atoms with Crippen molar-refractivity contribution in [3.8, 4) is 0 Å². The van der Waals surface area contributed by atoms with Crippen LogP contribution in [0.25, 0.3) is 10.9 Å². The standard InChI is InChI=1S/C12H13FN2/c1-7-5-14-6-11-12(7)9-4-8(13)2-3-10(9)15-11/h2-4,7,14-15H,5-6H2,1H3. The molecule has 78 valence electrons. The Hall–Kier alpha value is -1.35. The van der Waals surface area contributed by atoms with Crippen LogP contribution in [-0.4, -0.2) is 11.5 Å². The summed E-state index contributed by atoms with van der Waals surface area (Å²) < 4.78 is 13.2. The molecule has 0 aliphatic carbocycles. The van der Waals surface area contributed by atoms with E-state index in [9.17, 15) is 4.39 Å². The van der Waals surface area contributed by atoms with Crippen molar-refractivity contribution >= 4 is 10.9 Å². The first-order chi connectivity index (χ1) is 7.25. The largest absolute Gasteiger partial charge is 0.357 e. The molecule has 1 aliphatic rings. The first kappa shape index (κ1) is 8.92. The van der Waals surface area contributed by atoms with E-state index in [4.69, 9.17) is 0 Å². The van der Waals surface area contributed by atoms with Crippen LogP contribution in [0.1, 0.15) is 24.1 Å². The molecule has 0 fully saturated rings. The average Bonchev–Trinajstić information content (AvgIpc) is 2.57. The van der Waals surface area contributed by atoms with Crippen LogP contribution in [0.4, 0.5) is 4.39 Å². The van der Waals surface area contributed by atoms with Crippen LogP contribution in [0.3, 0.4) is 0 Å². The average molecular weight is 204 g/mol. The summed E-state index contributed by atoms with van der Waals surface area (Å²) in [5.74, 6) is 0.291. The molecular formula is C12H13FN2. The third-order valence-electron chi connectivity index (χ3n) is 3.13. The molecule has 2 nitrogen and oxygen atoms in total. The maximum atomic E-state index is 13.2. The van der Waals surface area contributed by atoms with Gasteiger partial charge < -0.3 is 10.3 Å². The highest BCUT2D eigenvalue weighted by Crippen LogP contribution is 2.31. The smallest absolute Gasteiger partial charge is 0.123 e. The van der Waals surface area contributed by atoms with Gasteiger partial charge in [0.2, 0.25) is 0 Å². The highest BCUT2D eigenvalue weighted by molar-refractivity contribution is 5.85. The van der Waals surface area contributed by atoms with Crippen molar-refractivity contribution in [3.05, 3.63) is 35.3 Å². The van der Waals surface area contributed by atoms with Crippen molar-refractivity contribution in [3.63, 3.8) is 0 Å². The fourth-order valence-electron chi connectivity index (χ4n) is 2.46. The second kappa shape index (κ2) is 3.07. The molecule has 3 rings (SSSR count). The fraction of sp³-hybridized carbons (Fsp3) is 0.333. The van der Waals surface area contributed by atoms with Gasteiger partial charge in [-0.05, 0) is 29.7 Å². The number of benzene rings is 1. The second-order valence-electron chi connectivity index (χ2n) is 4.24. The minimum Gasteiger partial charge on any atom is -0.357 e.